The van der Waals surface area contributed by atoms with Gasteiger partial charge in [0.05, 0.1) is 12.5 Å². The van der Waals surface area contributed by atoms with E-state index in [-0.39, 0.29) is 0 Å². The molecule has 1 fully saturated rings. The smallest absolute Gasteiger partial charge is 0.0947 e. The molecule has 1 aliphatic carbocycles. The molecule has 78 valence electrons. The molecule has 1 heterocycles. The lowest BCUT2D eigenvalue weighted by atomic mass is 10.0. The van der Waals surface area contributed by atoms with Crippen molar-refractivity contribution in [2.75, 3.05) is 0 Å². The maximum absolute atomic E-state index is 5.03. The number of hydrogen-bond acceptors (Lipinski definition) is 2. The second-order valence-corrected chi connectivity index (χ2v) is 5.39. The van der Waals surface area contributed by atoms with E-state index in [1.54, 1.807) is 12.5 Å². The Morgan fingerprint density at radius 1 is 1.29 bits per heavy atom. The quantitative estimate of drug-likeness (QED) is 0.798. The zero-order valence-electron chi connectivity index (χ0n) is 9.42. The van der Waals surface area contributed by atoms with Crippen molar-refractivity contribution < 1.29 is 4.42 Å². The van der Waals surface area contributed by atoms with E-state index in [2.05, 4.69) is 33.0 Å². The molecule has 14 heavy (non-hydrogen) atoms. The average molecular weight is 193 g/mol. The lowest BCUT2D eigenvalue weighted by Gasteiger charge is -2.03. The van der Waals surface area contributed by atoms with Crippen molar-refractivity contribution in [3.8, 4) is 0 Å². The summed E-state index contributed by atoms with van der Waals surface area (Å²) in [5, 5.41) is 3.58. The molecule has 0 unspecified atom stereocenters. The highest BCUT2D eigenvalue weighted by molar-refractivity contribution is 5.18. The predicted molar refractivity (Wildman–Crippen MR) is 56.9 cm³/mol. The molecule has 2 nitrogen and oxygen atoms in total. The summed E-state index contributed by atoms with van der Waals surface area (Å²) >= 11 is 0. The van der Waals surface area contributed by atoms with E-state index in [9.17, 15) is 0 Å². The highest BCUT2D eigenvalue weighted by atomic mass is 16.3. The fourth-order valence-corrected chi connectivity index (χ4v) is 2.32. The van der Waals surface area contributed by atoms with Gasteiger partial charge < -0.3 is 9.73 Å². The first-order valence-corrected chi connectivity index (χ1v) is 5.21. The minimum Gasteiger partial charge on any atom is -0.472 e. The molecular weight excluding hydrogens is 174 g/mol. The topological polar surface area (TPSA) is 25.2 Å². The summed E-state index contributed by atoms with van der Waals surface area (Å²) < 4.78 is 5.03. The molecule has 2 heteroatoms. The monoisotopic (exact) mass is 193 g/mol. The van der Waals surface area contributed by atoms with Gasteiger partial charge in [-0.2, -0.15) is 0 Å². The van der Waals surface area contributed by atoms with Crippen LogP contribution < -0.4 is 5.32 Å². The van der Waals surface area contributed by atoms with E-state index in [0.717, 1.165) is 6.54 Å². The van der Waals surface area contributed by atoms with Gasteiger partial charge in [-0.25, -0.2) is 0 Å². The van der Waals surface area contributed by atoms with Crippen molar-refractivity contribution in [2.45, 2.75) is 40.3 Å². The molecule has 1 aliphatic rings. The van der Waals surface area contributed by atoms with Gasteiger partial charge in [-0.1, -0.05) is 27.7 Å². The zero-order valence-corrected chi connectivity index (χ0v) is 9.42. The second kappa shape index (κ2) is 2.86. The highest BCUT2D eigenvalue weighted by Gasteiger charge is 2.64. The minimum atomic E-state index is 0.413. The molecule has 0 atom stereocenters. The summed E-state index contributed by atoms with van der Waals surface area (Å²) in [4.78, 5) is 0. The van der Waals surface area contributed by atoms with Crippen molar-refractivity contribution in [1.29, 1.82) is 0 Å². The van der Waals surface area contributed by atoms with Crippen LogP contribution in [0.3, 0.4) is 0 Å². The Bertz CT molecular complexity index is 297. The van der Waals surface area contributed by atoms with Gasteiger partial charge in [-0.05, 0) is 16.9 Å². The summed E-state index contributed by atoms with van der Waals surface area (Å²) in [6.07, 6.45) is 3.52. The van der Waals surface area contributed by atoms with E-state index in [0.29, 0.717) is 16.9 Å². The third-order valence-corrected chi connectivity index (χ3v) is 4.11. The van der Waals surface area contributed by atoms with Crippen LogP contribution in [0.4, 0.5) is 0 Å². The van der Waals surface area contributed by atoms with E-state index < -0.39 is 0 Å². The summed E-state index contributed by atoms with van der Waals surface area (Å²) in [5.74, 6) is 0. The lowest BCUT2D eigenvalue weighted by Crippen LogP contribution is -2.21. The number of hydrogen-bond donors (Lipinski definition) is 1. The number of furan rings is 1. The zero-order chi connectivity index (χ0) is 10.4. The Balaban J connectivity index is 1.90. The van der Waals surface area contributed by atoms with Crippen LogP contribution in [-0.4, -0.2) is 6.04 Å². The molecule has 1 aromatic heterocycles. The number of nitrogens with one attached hydrogen (secondary N) is 1. The minimum absolute atomic E-state index is 0.413. The van der Waals surface area contributed by atoms with Gasteiger partial charge in [0.15, 0.2) is 0 Å². The van der Waals surface area contributed by atoms with E-state index >= 15 is 0 Å². The fourth-order valence-electron chi connectivity index (χ4n) is 2.32. The standard InChI is InChI=1S/C12H19NO/c1-11(2)10(12(11,3)4)13-7-9-5-6-14-8-9/h5-6,8,10,13H,7H2,1-4H3. The molecule has 0 bridgehead atoms. The molecule has 0 aliphatic heterocycles. The lowest BCUT2D eigenvalue weighted by molar-refractivity contribution is 0.457. The van der Waals surface area contributed by atoms with Gasteiger partial charge in [-0.3, -0.25) is 0 Å². The fraction of sp³-hybridized carbons (Fsp3) is 0.667. The van der Waals surface area contributed by atoms with Crippen molar-refractivity contribution in [3.05, 3.63) is 24.2 Å². The molecule has 1 aromatic rings. The van der Waals surface area contributed by atoms with Gasteiger partial charge in [0.1, 0.15) is 0 Å². The van der Waals surface area contributed by atoms with Crippen LogP contribution in [-0.2, 0) is 6.54 Å². The van der Waals surface area contributed by atoms with Gasteiger partial charge >= 0.3 is 0 Å². The van der Waals surface area contributed by atoms with E-state index in [1.807, 2.05) is 6.07 Å². The molecule has 0 radical (unpaired) electrons. The van der Waals surface area contributed by atoms with Crippen molar-refractivity contribution >= 4 is 0 Å². The summed E-state index contributed by atoms with van der Waals surface area (Å²) in [5.41, 5.74) is 2.05. The molecule has 1 N–H and O–H groups in total. The Labute approximate surface area is 85.7 Å². The van der Waals surface area contributed by atoms with Crippen LogP contribution in [0.5, 0.6) is 0 Å². The number of rotatable bonds is 3. The van der Waals surface area contributed by atoms with Crippen molar-refractivity contribution in [3.63, 3.8) is 0 Å². The summed E-state index contributed by atoms with van der Waals surface area (Å²) in [7, 11) is 0. The molecule has 0 saturated heterocycles. The van der Waals surface area contributed by atoms with Gasteiger partial charge in [0.25, 0.3) is 0 Å². The largest absolute Gasteiger partial charge is 0.472 e. The Hall–Kier alpha value is -0.760. The maximum atomic E-state index is 5.03. The summed E-state index contributed by atoms with van der Waals surface area (Å²) in [6, 6.07) is 2.62. The van der Waals surface area contributed by atoms with Crippen LogP contribution in [0.1, 0.15) is 33.3 Å². The second-order valence-electron chi connectivity index (χ2n) is 5.39. The predicted octanol–water partition coefficient (Wildman–Crippen LogP) is 2.80. The molecule has 0 amide bonds. The molecule has 0 spiro atoms. The third kappa shape index (κ3) is 1.29. The van der Waals surface area contributed by atoms with Crippen LogP contribution in [0.15, 0.2) is 23.0 Å². The van der Waals surface area contributed by atoms with Crippen LogP contribution in [0, 0.1) is 10.8 Å². The van der Waals surface area contributed by atoms with Gasteiger partial charge in [-0.15, -0.1) is 0 Å². The van der Waals surface area contributed by atoms with Gasteiger partial charge in [0, 0.05) is 18.2 Å². The normalized spacial score (nSPS) is 23.7. The van der Waals surface area contributed by atoms with E-state index in [1.165, 1.54) is 5.56 Å². The first-order valence-electron chi connectivity index (χ1n) is 5.21. The van der Waals surface area contributed by atoms with Crippen molar-refractivity contribution in [1.82, 2.24) is 5.32 Å². The Kier molecular flexibility index (Phi) is 2.00. The van der Waals surface area contributed by atoms with Crippen molar-refractivity contribution in [2.24, 2.45) is 10.8 Å². The van der Waals surface area contributed by atoms with Crippen LogP contribution >= 0.6 is 0 Å². The average Bonchev–Trinajstić information content (AvgIpc) is 2.54. The molecular formula is C12H19NO. The summed E-state index contributed by atoms with van der Waals surface area (Å²) in [6.45, 7) is 10.2. The Morgan fingerprint density at radius 3 is 2.36 bits per heavy atom. The third-order valence-electron chi connectivity index (χ3n) is 4.11. The molecule has 1 saturated carbocycles. The highest BCUT2D eigenvalue weighted by Crippen LogP contribution is 2.62. The van der Waals surface area contributed by atoms with Gasteiger partial charge in [0.2, 0.25) is 0 Å². The first-order chi connectivity index (χ1) is 6.46. The van der Waals surface area contributed by atoms with Crippen LogP contribution in [0.2, 0.25) is 0 Å². The van der Waals surface area contributed by atoms with Crippen LogP contribution in [0.25, 0.3) is 0 Å². The first kappa shape index (κ1) is 9.78. The van der Waals surface area contributed by atoms with E-state index in [4.69, 9.17) is 4.42 Å². The maximum Gasteiger partial charge on any atom is 0.0947 e. The molecule has 0 aromatic carbocycles. The SMILES string of the molecule is CC1(C)C(NCc2ccoc2)C1(C)C. The Morgan fingerprint density at radius 2 is 1.93 bits per heavy atom. The molecule has 2 rings (SSSR count).